The second kappa shape index (κ2) is 5.50. The molecule has 19 heavy (non-hydrogen) atoms. The third-order valence-electron chi connectivity index (χ3n) is 3.12. The summed E-state index contributed by atoms with van der Waals surface area (Å²) >= 11 is 0. The summed E-state index contributed by atoms with van der Waals surface area (Å²) < 4.78 is 5.53. The van der Waals surface area contributed by atoms with Gasteiger partial charge < -0.3 is 14.7 Å². The number of aryl methyl sites for hydroxylation is 1. The van der Waals surface area contributed by atoms with E-state index in [0.717, 1.165) is 0 Å². The summed E-state index contributed by atoms with van der Waals surface area (Å²) in [4.78, 5) is 16.7. The molecule has 2 rings (SSSR count). The maximum Gasteiger partial charge on any atom is 0.314 e. The zero-order valence-electron chi connectivity index (χ0n) is 10.9. The first-order valence-corrected chi connectivity index (χ1v) is 6.14. The van der Waals surface area contributed by atoms with Crippen LogP contribution >= 0.6 is 0 Å². The molecule has 0 aliphatic carbocycles. The van der Waals surface area contributed by atoms with Crippen LogP contribution in [0.1, 0.15) is 12.5 Å². The number of aliphatic hydroxyl groups is 1. The molecular weight excluding hydrogens is 250 g/mol. The van der Waals surface area contributed by atoms with Crippen LogP contribution in [0.3, 0.4) is 0 Å². The number of morpholine rings is 1. The molecule has 1 saturated heterocycles. The second-order valence-electron chi connectivity index (χ2n) is 4.71. The van der Waals surface area contributed by atoms with E-state index in [9.17, 15) is 15.2 Å². The van der Waals surface area contributed by atoms with E-state index in [1.165, 1.54) is 0 Å². The van der Waals surface area contributed by atoms with E-state index in [4.69, 9.17) is 4.74 Å². The molecule has 0 aromatic carbocycles. The Bertz CT molecular complexity index is 480. The van der Waals surface area contributed by atoms with Crippen molar-refractivity contribution in [3.05, 3.63) is 27.9 Å². The number of nitro groups is 1. The van der Waals surface area contributed by atoms with Crippen molar-refractivity contribution < 1.29 is 14.8 Å². The number of ether oxygens (including phenoxy) is 1. The summed E-state index contributed by atoms with van der Waals surface area (Å²) in [7, 11) is 0. The summed E-state index contributed by atoms with van der Waals surface area (Å²) in [6.07, 6.45) is 1.12. The van der Waals surface area contributed by atoms with Crippen LogP contribution in [0.25, 0.3) is 0 Å². The van der Waals surface area contributed by atoms with Crippen LogP contribution in [-0.4, -0.2) is 46.9 Å². The van der Waals surface area contributed by atoms with Crippen LogP contribution in [0.4, 0.5) is 11.5 Å². The summed E-state index contributed by atoms with van der Waals surface area (Å²) in [6.45, 7) is 4.37. The molecule has 7 heteroatoms. The molecule has 1 aromatic heterocycles. The topological polar surface area (TPSA) is 88.7 Å². The molecule has 2 atom stereocenters. The lowest BCUT2D eigenvalue weighted by atomic mass is 10.2. The lowest BCUT2D eigenvalue weighted by Crippen LogP contribution is -2.48. The van der Waals surface area contributed by atoms with Gasteiger partial charge in [-0.2, -0.15) is 0 Å². The van der Waals surface area contributed by atoms with E-state index in [-0.39, 0.29) is 24.5 Å². The predicted molar refractivity (Wildman–Crippen MR) is 69.3 cm³/mol. The van der Waals surface area contributed by atoms with E-state index >= 15 is 0 Å². The Kier molecular flexibility index (Phi) is 3.96. The van der Waals surface area contributed by atoms with Gasteiger partial charge in [-0.3, -0.25) is 10.1 Å². The minimum atomic E-state index is -0.411. The smallest absolute Gasteiger partial charge is 0.314 e. The quantitative estimate of drug-likeness (QED) is 0.646. The summed E-state index contributed by atoms with van der Waals surface area (Å²) in [5.41, 5.74) is 0.600. The number of hydrogen-bond donors (Lipinski definition) is 1. The Balaban J connectivity index is 2.35. The SMILES string of the molecule is Cc1ccnc(N2CC(C)OC(CO)C2)c1[N+](=O)[O-]. The molecule has 0 bridgehead atoms. The molecule has 1 N–H and O–H groups in total. The molecule has 0 amide bonds. The lowest BCUT2D eigenvalue weighted by molar-refractivity contribution is -0.385. The highest BCUT2D eigenvalue weighted by atomic mass is 16.6. The van der Waals surface area contributed by atoms with Crippen molar-refractivity contribution in [2.75, 3.05) is 24.6 Å². The Hall–Kier alpha value is -1.73. The fraction of sp³-hybridized carbons (Fsp3) is 0.583. The van der Waals surface area contributed by atoms with Gasteiger partial charge in [0.25, 0.3) is 0 Å². The standard InChI is InChI=1S/C12H17N3O4/c1-8-3-4-13-12(11(8)15(17)18)14-5-9(2)19-10(6-14)7-16/h3-4,9-10,16H,5-7H2,1-2H3. The molecule has 0 spiro atoms. The first kappa shape index (κ1) is 13.7. The third kappa shape index (κ3) is 2.82. The van der Waals surface area contributed by atoms with Crippen LogP contribution in [-0.2, 0) is 4.74 Å². The highest BCUT2D eigenvalue weighted by Gasteiger charge is 2.30. The molecular formula is C12H17N3O4. The maximum atomic E-state index is 11.2. The van der Waals surface area contributed by atoms with Crippen molar-refractivity contribution >= 4 is 11.5 Å². The van der Waals surface area contributed by atoms with Gasteiger partial charge in [0.2, 0.25) is 5.82 Å². The highest BCUT2D eigenvalue weighted by Crippen LogP contribution is 2.30. The van der Waals surface area contributed by atoms with Gasteiger partial charge >= 0.3 is 5.69 Å². The van der Waals surface area contributed by atoms with Crippen LogP contribution in [0.2, 0.25) is 0 Å². The number of anilines is 1. The predicted octanol–water partition coefficient (Wildman–Crippen LogP) is 0.884. The van der Waals surface area contributed by atoms with Gasteiger partial charge in [0.15, 0.2) is 0 Å². The fourth-order valence-corrected chi connectivity index (χ4v) is 2.31. The van der Waals surface area contributed by atoms with Crippen molar-refractivity contribution in [3.8, 4) is 0 Å². The maximum absolute atomic E-state index is 11.2. The van der Waals surface area contributed by atoms with Gasteiger partial charge in [0.1, 0.15) is 0 Å². The van der Waals surface area contributed by atoms with E-state index in [1.807, 2.05) is 6.92 Å². The largest absolute Gasteiger partial charge is 0.394 e. The zero-order valence-corrected chi connectivity index (χ0v) is 10.9. The van der Waals surface area contributed by atoms with Gasteiger partial charge in [-0.1, -0.05) is 0 Å². The molecule has 2 unspecified atom stereocenters. The number of pyridine rings is 1. The number of rotatable bonds is 3. The molecule has 104 valence electrons. The van der Waals surface area contributed by atoms with Gasteiger partial charge in [-0.25, -0.2) is 4.98 Å². The fourth-order valence-electron chi connectivity index (χ4n) is 2.31. The Morgan fingerprint density at radius 1 is 1.63 bits per heavy atom. The van der Waals surface area contributed by atoms with Crippen molar-refractivity contribution in [2.45, 2.75) is 26.1 Å². The van der Waals surface area contributed by atoms with Gasteiger partial charge in [0, 0.05) is 24.8 Å². The summed E-state index contributed by atoms with van der Waals surface area (Å²) in [5, 5.41) is 20.4. The van der Waals surface area contributed by atoms with Gasteiger partial charge in [-0.15, -0.1) is 0 Å². The molecule has 2 heterocycles. The normalized spacial score (nSPS) is 23.4. The van der Waals surface area contributed by atoms with Crippen molar-refractivity contribution in [3.63, 3.8) is 0 Å². The average molecular weight is 267 g/mol. The monoisotopic (exact) mass is 267 g/mol. The number of hydrogen-bond acceptors (Lipinski definition) is 6. The zero-order chi connectivity index (χ0) is 14.0. The van der Waals surface area contributed by atoms with Crippen molar-refractivity contribution in [1.82, 2.24) is 4.98 Å². The average Bonchev–Trinajstić information content (AvgIpc) is 2.37. The molecule has 7 nitrogen and oxygen atoms in total. The van der Waals surface area contributed by atoms with E-state index in [2.05, 4.69) is 4.98 Å². The Morgan fingerprint density at radius 2 is 2.37 bits per heavy atom. The van der Waals surface area contributed by atoms with E-state index in [0.29, 0.717) is 24.5 Å². The van der Waals surface area contributed by atoms with Crippen molar-refractivity contribution in [2.24, 2.45) is 0 Å². The van der Waals surface area contributed by atoms with Crippen LogP contribution < -0.4 is 4.90 Å². The first-order chi connectivity index (χ1) is 9.02. The van der Waals surface area contributed by atoms with Crippen LogP contribution in [0.5, 0.6) is 0 Å². The molecule has 0 saturated carbocycles. The molecule has 1 aliphatic heterocycles. The van der Waals surface area contributed by atoms with Gasteiger partial charge in [0.05, 0.1) is 23.7 Å². The molecule has 1 aromatic rings. The van der Waals surface area contributed by atoms with Crippen LogP contribution in [0, 0.1) is 17.0 Å². The third-order valence-corrected chi connectivity index (χ3v) is 3.12. The van der Waals surface area contributed by atoms with E-state index < -0.39 is 4.92 Å². The Morgan fingerprint density at radius 3 is 3.00 bits per heavy atom. The summed E-state index contributed by atoms with van der Waals surface area (Å²) in [6, 6.07) is 1.62. The van der Waals surface area contributed by atoms with Gasteiger partial charge in [-0.05, 0) is 19.9 Å². The summed E-state index contributed by atoms with van der Waals surface area (Å²) in [5.74, 6) is 0.346. The molecule has 1 aliphatic rings. The minimum Gasteiger partial charge on any atom is -0.394 e. The molecule has 0 radical (unpaired) electrons. The first-order valence-electron chi connectivity index (χ1n) is 6.14. The number of aromatic nitrogens is 1. The molecule has 1 fully saturated rings. The highest BCUT2D eigenvalue weighted by molar-refractivity contribution is 5.61. The second-order valence-corrected chi connectivity index (χ2v) is 4.71. The van der Waals surface area contributed by atoms with Crippen molar-refractivity contribution in [1.29, 1.82) is 0 Å². The Labute approximate surface area is 111 Å². The number of aliphatic hydroxyl groups excluding tert-OH is 1. The lowest BCUT2D eigenvalue weighted by Gasteiger charge is -2.36. The van der Waals surface area contributed by atoms with Crippen LogP contribution in [0.15, 0.2) is 12.3 Å². The minimum absolute atomic E-state index is 0.0216. The van der Waals surface area contributed by atoms with E-state index in [1.54, 1.807) is 24.1 Å². The number of nitrogens with zero attached hydrogens (tertiary/aromatic N) is 3.